The first-order chi connectivity index (χ1) is 7.29. The third-order valence-electron chi connectivity index (χ3n) is 1.72. The molecule has 0 aliphatic heterocycles. The molecule has 0 aromatic carbocycles. The van der Waals surface area contributed by atoms with E-state index in [0.717, 1.165) is 0 Å². The highest BCUT2D eigenvalue weighted by Gasteiger charge is 2.03. The van der Waals surface area contributed by atoms with Crippen LogP contribution < -0.4 is 10.5 Å². The first-order valence-corrected chi connectivity index (χ1v) is 4.56. The van der Waals surface area contributed by atoms with Crippen molar-refractivity contribution in [2.24, 2.45) is 0 Å². The average molecular weight is 205 g/mol. The number of anilines is 1. The zero-order valence-electron chi connectivity index (χ0n) is 8.29. The molecule has 0 aliphatic carbocycles. The number of hydrogen-bond donors (Lipinski definition) is 1. The van der Waals surface area contributed by atoms with Crippen LogP contribution in [-0.2, 0) is 0 Å². The first kappa shape index (κ1) is 9.45. The monoisotopic (exact) mass is 205 g/mol. The molecule has 0 unspecified atom stereocenters. The molecule has 0 saturated heterocycles. The lowest BCUT2D eigenvalue weighted by molar-refractivity contribution is 0.325. The zero-order valence-corrected chi connectivity index (χ0v) is 8.29. The van der Waals surface area contributed by atoms with Crippen LogP contribution in [0, 0.1) is 0 Å². The molecule has 0 bridgehead atoms. The van der Waals surface area contributed by atoms with Crippen LogP contribution in [0.2, 0.25) is 0 Å². The van der Waals surface area contributed by atoms with Crippen molar-refractivity contribution in [2.75, 3.05) is 12.3 Å². The maximum absolute atomic E-state index is 5.54. The van der Waals surface area contributed by atoms with Crippen LogP contribution in [0.1, 0.15) is 6.92 Å². The Balaban J connectivity index is 2.32. The van der Waals surface area contributed by atoms with E-state index in [4.69, 9.17) is 10.5 Å². The summed E-state index contributed by atoms with van der Waals surface area (Å²) in [7, 11) is 0. The average Bonchev–Trinajstić information content (AvgIpc) is 2.66. The standard InChI is InChI=1S/C9H11N5O/c1-2-15-8-3-4-11-9(13-8)14-6-7(10)5-12-14/h3-6H,2,10H2,1H3. The van der Waals surface area contributed by atoms with Crippen LogP contribution >= 0.6 is 0 Å². The minimum absolute atomic E-state index is 0.442. The summed E-state index contributed by atoms with van der Waals surface area (Å²) < 4.78 is 6.75. The van der Waals surface area contributed by atoms with Gasteiger partial charge >= 0.3 is 0 Å². The normalized spacial score (nSPS) is 10.2. The van der Waals surface area contributed by atoms with E-state index in [1.54, 1.807) is 18.5 Å². The Labute approximate surface area is 86.7 Å². The summed E-state index contributed by atoms with van der Waals surface area (Å²) in [4.78, 5) is 8.22. The molecule has 0 aliphatic rings. The van der Waals surface area contributed by atoms with Crippen LogP contribution in [0.4, 0.5) is 5.69 Å². The van der Waals surface area contributed by atoms with Gasteiger partial charge < -0.3 is 10.5 Å². The van der Waals surface area contributed by atoms with E-state index in [1.165, 1.54) is 10.9 Å². The van der Waals surface area contributed by atoms with Gasteiger partial charge in [-0.25, -0.2) is 9.67 Å². The van der Waals surface area contributed by atoms with Gasteiger partial charge in [0.15, 0.2) is 0 Å². The SMILES string of the molecule is CCOc1ccnc(-n2cc(N)cn2)n1. The second kappa shape index (κ2) is 3.95. The first-order valence-electron chi connectivity index (χ1n) is 4.56. The summed E-state index contributed by atoms with van der Waals surface area (Å²) in [5, 5.41) is 4.00. The number of hydrogen-bond acceptors (Lipinski definition) is 5. The molecule has 0 saturated carbocycles. The maximum atomic E-state index is 5.54. The largest absolute Gasteiger partial charge is 0.478 e. The van der Waals surface area contributed by atoms with Crippen LogP contribution in [0.25, 0.3) is 5.95 Å². The molecule has 78 valence electrons. The van der Waals surface area contributed by atoms with Crippen molar-refractivity contribution in [3.63, 3.8) is 0 Å². The molecule has 0 amide bonds. The van der Waals surface area contributed by atoms with Crippen LogP contribution in [0.3, 0.4) is 0 Å². The number of ether oxygens (including phenoxy) is 1. The van der Waals surface area contributed by atoms with Crippen LogP contribution in [0.15, 0.2) is 24.7 Å². The summed E-state index contributed by atoms with van der Waals surface area (Å²) in [5.41, 5.74) is 6.11. The summed E-state index contributed by atoms with van der Waals surface area (Å²) in [6.07, 6.45) is 4.80. The third kappa shape index (κ3) is 2.04. The van der Waals surface area contributed by atoms with Crippen molar-refractivity contribution >= 4 is 5.69 Å². The van der Waals surface area contributed by atoms with E-state index >= 15 is 0 Å². The number of aromatic nitrogens is 4. The minimum atomic E-state index is 0.442. The molecule has 0 spiro atoms. The number of nitrogens with zero attached hydrogens (tertiary/aromatic N) is 4. The van der Waals surface area contributed by atoms with Crippen molar-refractivity contribution in [1.82, 2.24) is 19.7 Å². The molecule has 2 heterocycles. The fraction of sp³-hybridized carbons (Fsp3) is 0.222. The molecule has 0 atom stereocenters. The molecular weight excluding hydrogens is 194 g/mol. The fourth-order valence-corrected chi connectivity index (χ4v) is 1.12. The van der Waals surface area contributed by atoms with Gasteiger partial charge in [0, 0.05) is 12.3 Å². The van der Waals surface area contributed by atoms with E-state index in [-0.39, 0.29) is 0 Å². The number of nitrogens with two attached hydrogens (primary N) is 1. The number of nitrogen functional groups attached to an aromatic ring is 1. The van der Waals surface area contributed by atoms with Crippen molar-refractivity contribution in [3.05, 3.63) is 24.7 Å². The molecule has 15 heavy (non-hydrogen) atoms. The van der Waals surface area contributed by atoms with E-state index in [9.17, 15) is 0 Å². The molecular formula is C9H11N5O. The molecule has 6 nitrogen and oxygen atoms in total. The quantitative estimate of drug-likeness (QED) is 0.795. The van der Waals surface area contributed by atoms with Gasteiger partial charge in [0.1, 0.15) is 0 Å². The predicted molar refractivity (Wildman–Crippen MR) is 54.7 cm³/mol. The zero-order chi connectivity index (χ0) is 10.7. The van der Waals surface area contributed by atoms with Crippen molar-refractivity contribution in [2.45, 2.75) is 6.92 Å². The summed E-state index contributed by atoms with van der Waals surface area (Å²) >= 11 is 0. The van der Waals surface area contributed by atoms with Gasteiger partial charge in [0.05, 0.1) is 24.7 Å². The molecule has 0 fully saturated rings. The Morgan fingerprint density at radius 2 is 2.40 bits per heavy atom. The summed E-state index contributed by atoms with van der Waals surface area (Å²) in [6, 6.07) is 1.69. The Kier molecular flexibility index (Phi) is 2.49. The predicted octanol–water partition coefficient (Wildman–Crippen LogP) is 0.643. The Hall–Kier alpha value is -2.11. The van der Waals surface area contributed by atoms with Gasteiger partial charge in [0.25, 0.3) is 5.95 Å². The lowest BCUT2D eigenvalue weighted by Crippen LogP contribution is -2.03. The molecule has 2 aromatic heterocycles. The van der Waals surface area contributed by atoms with Gasteiger partial charge in [-0.2, -0.15) is 10.1 Å². The van der Waals surface area contributed by atoms with E-state index in [1.807, 2.05) is 6.92 Å². The van der Waals surface area contributed by atoms with E-state index in [0.29, 0.717) is 24.1 Å². The third-order valence-corrected chi connectivity index (χ3v) is 1.72. The van der Waals surface area contributed by atoms with Gasteiger partial charge in [-0.15, -0.1) is 0 Å². The Bertz CT molecular complexity index is 453. The molecule has 2 aromatic rings. The second-order valence-electron chi connectivity index (χ2n) is 2.85. The molecule has 2 rings (SSSR count). The minimum Gasteiger partial charge on any atom is -0.478 e. The smallest absolute Gasteiger partial charge is 0.253 e. The highest BCUT2D eigenvalue weighted by molar-refractivity contribution is 5.33. The topological polar surface area (TPSA) is 78.9 Å². The summed E-state index contributed by atoms with van der Waals surface area (Å²) in [5.74, 6) is 0.967. The maximum Gasteiger partial charge on any atom is 0.253 e. The lowest BCUT2D eigenvalue weighted by Gasteiger charge is -2.03. The Morgan fingerprint density at radius 1 is 1.53 bits per heavy atom. The summed E-state index contributed by atoms with van der Waals surface area (Å²) in [6.45, 7) is 2.46. The van der Waals surface area contributed by atoms with Crippen LogP contribution in [0.5, 0.6) is 5.88 Å². The van der Waals surface area contributed by atoms with Crippen LogP contribution in [-0.4, -0.2) is 26.4 Å². The fourth-order valence-electron chi connectivity index (χ4n) is 1.12. The van der Waals surface area contributed by atoms with Gasteiger partial charge in [-0.05, 0) is 6.92 Å². The Morgan fingerprint density at radius 3 is 3.07 bits per heavy atom. The van der Waals surface area contributed by atoms with Crippen molar-refractivity contribution in [1.29, 1.82) is 0 Å². The highest BCUT2D eigenvalue weighted by Crippen LogP contribution is 2.09. The van der Waals surface area contributed by atoms with Gasteiger partial charge in [0.2, 0.25) is 5.88 Å². The lowest BCUT2D eigenvalue weighted by atomic mass is 10.6. The number of rotatable bonds is 3. The second-order valence-corrected chi connectivity index (χ2v) is 2.85. The van der Waals surface area contributed by atoms with Crippen molar-refractivity contribution in [3.8, 4) is 11.8 Å². The van der Waals surface area contributed by atoms with Gasteiger partial charge in [-0.1, -0.05) is 0 Å². The molecule has 2 N–H and O–H groups in total. The molecule has 6 heteroatoms. The van der Waals surface area contributed by atoms with E-state index in [2.05, 4.69) is 15.1 Å². The highest BCUT2D eigenvalue weighted by atomic mass is 16.5. The molecule has 0 radical (unpaired) electrons. The van der Waals surface area contributed by atoms with E-state index < -0.39 is 0 Å². The van der Waals surface area contributed by atoms with Crippen molar-refractivity contribution < 1.29 is 4.74 Å². The van der Waals surface area contributed by atoms with Gasteiger partial charge in [-0.3, -0.25) is 0 Å².